The Morgan fingerprint density at radius 2 is 1.77 bits per heavy atom. The first-order chi connectivity index (χ1) is 14.5. The molecule has 176 valence electrons. The first kappa shape index (κ1) is 25.9. The molecule has 0 aromatic carbocycles. The molecule has 9 heteroatoms. The monoisotopic (exact) mass is 545 g/mol. The van der Waals surface area contributed by atoms with Crippen LogP contribution in [0, 0.1) is 5.92 Å². The molecule has 0 aliphatic carbocycles. The van der Waals surface area contributed by atoms with Crippen LogP contribution in [0.2, 0.25) is 0 Å². The van der Waals surface area contributed by atoms with Crippen LogP contribution in [0.15, 0.2) is 17.4 Å². The third kappa shape index (κ3) is 7.06. The average molecular weight is 546 g/mol. The Balaban J connectivity index is 0.00000341. The largest absolute Gasteiger partial charge is 0.357 e. The van der Waals surface area contributed by atoms with Gasteiger partial charge in [0.2, 0.25) is 5.91 Å². The molecule has 0 bridgehead atoms. The number of carbonyl (C=O) groups is 1. The summed E-state index contributed by atoms with van der Waals surface area (Å²) >= 11 is 0. The number of rotatable bonds is 7. The van der Waals surface area contributed by atoms with Crippen LogP contribution in [0.4, 0.5) is 0 Å². The second kappa shape index (κ2) is 12.6. The van der Waals surface area contributed by atoms with E-state index in [9.17, 15) is 4.79 Å². The Kier molecular flexibility index (Phi) is 10.5. The van der Waals surface area contributed by atoms with E-state index in [-0.39, 0.29) is 30.0 Å². The summed E-state index contributed by atoms with van der Waals surface area (Å²) in [7, 11) is 0. The Labute approximate surface area is 204 Å². The predicted octanol–water partition coefficient (Wildman–Crippen LogP) is 2.25. The molecule has 1 aromatic rings. The summed E-state index contributed by atoms with van der Waals surface area (Å²) in [6.45, 7) is 16.3. The fraction of sp³-hybridized carbons (Fsp3) is 0.773. The number of aromatic nitrogens is 2. The molecule has 3 heterocycles. The lowest BCUT2D eigenvalue weighted by Gasteiger charge is -2.39. The van der Waals surface area contributed by atoms with Crippen molar-refractivity contribution in [2.45, 2.75) is 59.7 Å². The van der Waals surface area contributed by atoms with Gasteiger partial charge in [0, 0.05) is 64.8 Å². The van der Waals surface area contributed by atoms with Crippen molar-refractivity contribution >= 4 is 35.8 Å². The predicted molar refractivity (Wildman–Crippen MR) is 136 cm³/mol. The van der Waals surface area contributed by atoms with Crippen LogP contribution in [-0.4, -0.2) is 88.0 Å². The smallest absolute Gasteiger partial charge is 0.239 e. The molecule has 1 atom stereocenters. The van der Waals surface area contributed by atoms with E-state index >= 15 is 0 Å². The third-order valence-electron chi connectivity index (χ3n) is 6.01. The number of aliphatic imine (C=N–C) groups is 1. The van der Waals surface area contributed by atoms with Crippen molar-refractivity contribution < 1.29 is 4.79 Å². The second-order valence-corrected chi connectivity index (χ2v) is 8.79. The summed E-state index contributed by atoms with van der Waals surface area (Å²) in [5.41, 5.74) is 0. The Bertz CT molecular complexity index is 706. The van der Waals surface area contributed by atoms with Crippen molar-refractivity contribution in [2.24, 2.45) is 10.9 Å². The van der Waals surface area contributed by atoms with Gasteiger partial charge >= 0.3 is 0 Å². The number of likely N-dealkylation sites (tertiary alicyclic amines) is 1. The van der Waals surface area contributed by atoms with E-state index in [2.05, 4.69) is 52.4 Å². The summed E-state index contributed by atoms with van der Waals surface area (Å²) < 4.78 is 2.20. The van der Waals surface area contributed by atoms with Gasteiger partial charge in [0.1, 0.15) is 12.4 Å². The summed E-state index contributed by atoms with van der Waals surface area (Å²) in [4.78, 5) is 28.8. The molecular formula is C22H40IN7O. The van der Waals surface area contributed by atoms with Crippen molar-refractivity contribution in [3.8, 4) is 0 Å². The van der Waals surface area contributed by atoms with Crippen molar-refractivity contribution in [3.05, 3.63) is 18.2 Å². The average Bonchev–Trinajstić information content (AvgIpc) is 3.42. The number of carbonyl (C=O) groups excluding carboxylic acids is 1. The van der Waals surface area contributed by atoms with Gasteiger partial charge < -0.3 is 19.7 Å². The standard InChI is InChI=1S/C22H39N7O.HI/c1-5-23-22(25-16-20-24-8-11-29(20)17-18(2)3)28-14-12-26(13-15-28)19(4)21(30)27-9-6-7-10-27;/h8,11,18-19H,5-7,9-10,12-17H2,1-4H3,(H,23,25);1H. The van der Waals surface area contributed by atoms with E-state index < -0.39 is 0 Å². The highest BCUT2D eigenvalue weighted by molar-refractivity contribution is 14.0. The number of nitrogens with zero attached hydrogens (tertiary/aromatic N) is 6. The molecule has 1 aromatic heterocycles. The highest BCUT2D eigenvalue weighted by atomic mass is 127. The van der Waals surface area contributed by atoms with Gasteiger partial charge in [0.15, 0.2) is 5.96 Å². The molecule has 1 unspecified atom stereocenters. The Morgan fingerprint density at radius 3 is 2.39 bits per heavy atom. The molecule has 2 aliphatic rings. The third-order valence-corrected chi connectivity index (χ3v) is 6.01. The topological polar surface area (TPSA) is 69.0 Å². The zero-order valence-electron chi connectivity index (χ0n) is 19.6. The van der Waals surface area contributed by atoms with E-state index in [0.29, 0.717) is 18.4 Å². The van der Waals surface area contributed by atoms with Crippen molar-refractivity contribution in [1.82, 2.24) is 29.6 Å². The van der Waals surface area contributed by atoms with E-state index in [1.54, 1.807) is 0 Å². The quantitative estimate of drug-likeness (QED) is 0.324. The van der Waals surface area contributed by atoms with E-state index in [1.165, 1.54) is 0 Å². The van der Waals surface area contributed by atoms with Crippen LogP contribution in [0.3, 0.4) is 0 Å². The number of guanidine groups is 1. The molecule has 0 saturated carbocycles. The van der Waals surface area contributed by atoms with Gasteiger partial charge in [-0.25, -0.2) is 9.98 Å². The van der Waals surface area contributed by atoms with Crippen molar-refractivity contribution in [1.29, 1.82) is 0 Å². The van der Waals surface area contributed by atoms with Crippen molar-refractivity contribution in [2.75, 3.05) is 45.8 Å². The van der Waals surface area contributed by atoms with Crippen LogP contribution in [-0.2, 0) is 17.9 Å². The normalized spacial score (nSPS) is 18.9. The number of nitrogens with one attached hydrogen (secondary N) is 1. The number of hydrogen-bond acceptors (Lipinski definition) is 4. The molecule has 1 amide bonds. The number of hydrogen-bond donors (Lipinski definition) is 1. The number of halogens is 1. The molecule has 2 fully saturated rings. The molecule has 0 radical (unpaired) electrons. The lowest BCUT2D eigenvalue weighted by Crippen LogP contribution is -2.57. The van der Waals surface area contributed by atoms with E-state index in [4.69, 9.17) is 4.99 Å². The van der Waals surface area contributed by atoms with Gasteiger partial charge in [-0.1, -0.05) is 13.8 Å². The molecule has 0 spiro atoms. The summed E-state index contributed by atoms with van der Waals surface area (Å²) in [5, 5.41) is 3.43. The van der Waals surface area contributed by atoms with Gasteiger partial charge in [-0.05, 0) is 32.6 Å². The minimum atomic E-state index is -0.0340. The van der Waals surface area contributed by atoms with E-state index in [1.807, 2.05) is 17.3 Å². The van der Waals surface area contributed by atoms with Crippen molar-refractivity contribution in [3.63, 3.8) is 0 Å². The minimum Gasteiger partial charge on any atom is -0.357 e. The van der Waals surface area contributed by atoms with Crippen LogP contribution in [0.5, 0.6) is 0 Å². The molecule has 3 rings (SSSR count). The molecular weight excluding hydrogens is 505 g/mol. The number of imidazole rings is 1. The van der Waals surface area contributed by atoms with Gasteiger partial charge in [0.25, 0.3) is 0 Å². The van der Waals surface area contributed by atoms with Gasteiger partial charge in [-0.2, -0.15) is 0 Å². The molecule has 1 N–H and O–H groups in total. The maximum absolute atomic E-state index is 12.7. The van der Waals surface area contributed by atoms with E-state index in [0.717, 1.165) is 77.0 Å². The van der Waals surface area contributed by atoms with Crippen LogP contribution in [0.1, 0.15) is 46.4 Å². The van der Waals surface area contributed by atoms with Gasteiger partial charge in [-0.15, -0.1) is 24.0 Å². The minimum absolute atomic E-state index is 0. The lowest BCUT2D eigenvalue weighted by atomic mass is 10.2. The lowest BCUT2D eigenvalue weighted by molar-refractivity contribution is -0.135. The SMILES string of the molecule is CCNC(=NCc1nccn1CC(C)C)N1CCN(C(C)C(=O)N2CCCC2)CC1.I. The molecule has 8 nitrogen and oxygen atoms in total. The summed E-state index contributed by atoms with van der Waals surface area (Å²) in [6, 6.07) is -0.0340. The zero-order chi connectivity index (χ0) is 21.5. The first-order valence-corrected chi connectivity index (χ1v) is 11.6. The number of piperazine rings is 1. The number of amides is 1. The highest BCUT2D eigenvalue weighted by Gasteiger charge is 2.30. The fourth-order valence-corrected chi connectivity index (χ4v) is 4.30. The maximum Gasteiger partial charge on any atom is 0.239 e. The Morgan fingerprint density at radius 1 is 1.10 bits per heavy atom. The van der Waals surface area contributed by atoms with Gasteiger partial charge in [0.05, 0.1) is 6.04 Å². The van der Waals surface area contributed by atoms with Crippen LogP contribution >= 0.6 is 24.0 Å². The molecule has 2 aliphatic heterocycles. The van der Waals surface area contributed by atoms with Crippen LogP contribution < -0.4 is 5.32 Å². The Hall–Kier alpha value is -1.36. The zero-order valence-corrected chi connectivity index (χ0v) is 21.9. The molecule has 2 saturated heterocycles. The highest BCUT2D eigenvalue weighted by Crippen LogP contribution is 2.14. The molecule has 31 heavy (non-hydrogen) atoms. The van der Waals surface area contributed by atoms with Crippen LogP contribution in [0.25, 0.3) is 0 Å². The summed E-state index contributed by atoms with van der Waals surface area (Å²) in [6.07, 6.45) is 6.18. The first-order valence-electron chi connectivity index (χ1n) is 11.6. The van der Waals surface area contributed by atoms with Gasteiger partial charge in [-0.3, -0.25) is 9.69 Å². The second-order valence-electron chi connectivity index (χ2n) is 8.79. The maximum atomic E-state index is 12.7. The summed E-state index contributed by atoms with van der Waals surface area (Å²) in [5.74, 6) is 2.81. The fourth-order valence-electron chi connectivity index (χ4n) is 4.30.